The van der Waals surface area contributed by atoms with Gasteiger partial charge in [0.15, 0.2) is 0 Å². The molecule has 0 spiro atoms. The van der Waals surface area contributed by atoms with Crippen molar-refractivity contribution in [2.45, 2.75) is 50.6 Å². The fourth-order valence-corrected chi connectivity index (χ4v) is 2.95. The van der Waals surface area contributed by atoms with Crippen molar-refractivity contribution in [3.63, 3.8) is 0 Å². The van der Waals surface area contributed by atoms with Crippen LogP contribution < -0.4 is 15.4 Å². The van der Waals surface area contributed by atoms with Crippen LogP contribution in [-0.2, 0) is 17.6 Å². The molecule has 1 fully saturated rings. The topological polar surface area (TPSA) is 50.4 Å². The summed E-state index contributed by atoms with van der Waals surface area (Å²) in [5.41, 5.74) is 2.81. The van der Waals surface area contributed by atoms with Crippen LogP contribution in [0.15, 0.2) is 18.2 Å². The van der Waals surface area contributed by atoms with Gasteiger partial charge in [0.05, 0.1) is 7.11 Å². The summed E-state index contributed by atoms with van der Waals surface area (Å²) in [6.45, 7) is 0.766. The first kappa shape index (κ1) is 14.4. The highest BCUT2D eigenvalue weighted by atomic mass is 16.5. The molecule has 4 nitrogen and oxygen atoms in total. The van der Waals surface area contributed by atoms with Crippen LogP contribution in [0.2, 0.25) is 0 Å². The minimum absolute atomic E-state index is 0.183. The van der Waals surface area contributed by atoms with Crippen LogP contribution >= 0.6 is 0 Å². The first-order chi connectivity index (χ1) is 10.2. The van der Waals surface area contributed by atoms with E-state index in [1.54, 1.807) is 7.11 Å². The summed E-state index contributed by atoms with van der Waals surface area (Å²) in [5.74, 6) is 1.11. The minimum atomic E-state index is 0.183. The Balaban J connectivity index is 1.45. The van der Waals surface area contributed by atoms with Gasteiger partial charge in [-0.15, -0.1) is 0 Å². The molecule has 114 valence electrons. The zero-order valence-electron chi connectivity index (χ0n) is 12.7. The van der Waals surface area contributed by atoms with E-state index < -0.39 is 0 Å². The van der Waals surface area contributed by atoms with Crippen LogP contribution in [0.5, 0.6) is 5.75 Å². The van der Waals surface area contributed by atoms with Gasteiger partial charge >= 0.3 is 0 Å². The van der Waals surface area contributed by atoms with Gasteiger partial charge in [0.1, 0.15) is 5.75 Å². The Labute approximate surface area is 126 Å². The van der Waals surface area contributed by atoms with E-state index in [-0.39, 0.29) is 5.91 Å². The van der Waals surface area contributed by atoms with Crippen molar-refractivity contribution < 1.29 is 9.53 Å². The SMILES string of the molecule is COc1ccc2c(c1)CC(NCCC(=O)NC1CC1)CC2. The molecule has 1 aromatic rings. The van der Waals surface area contributed by atoms with Crippen LogP contribution in [0.1, 0.15) is 36.8 Å². The molecule has 1 amide bonds. The van der Waals surface area contributed by atoms with E-state index in [9.17, 15) is 4.79 Å². The molecule has 0 heterocycles. The summed E-state index contributed by atoms with van der Waals surface area (Å²) >= 11 is 0. The van der Waals surface area contributed by atoms with Crippen molar-refractivity contribution in [3.05, 3.63) is 29.3 Å². The summed E-state index contributed by atoms with van der Waals surface area (Å²) in [4.78, 5) is 11.6. The predicted molar refractivity (Wildman–Crippen MR) is 82.6 cm³/mol. The largest absolute Gasteiger partial charge is 0.497 e. The van der Waals surface area contributed by atoms with Crippen molar-refractivity contribution in [1.29, 1.82) is 0 Å². The molecule has 2 aliphatic rings. The highest BCUT2D eigenvalue weighted by molar-refractivity contribution is 5.76. The molecular weight excluding hydrogens is 264 g/mol. The second kappa shape index (κ2) is 6.48. The van der Waals surface area contributed by atoms with E-state index in [4.69, 9.17) is 4.74 Å². The van der Waals surface area contributed by atoms with E-state index in [1.165, 1.54) is 11.1 Å². The number of amides is 1. The number of benzene rings is 1. The average molecular weight is 288 g/mol. The Morgan fingerprint density at radius 2 is 2.10 bits per heavy atom. The molecular formula is C17H24N2O2. The third kappa shape index (κ3) is 3.97. The lowest BCUT2D eigenvalue weighted by Crippen LogP contribution is -2.37. The molecule has 1 unspecified atom stereocenters. The molecule has 4 heteroatoms. The minimum Gasteiger partial charge on any atom is -0.497 e. The summed E-state index contributed by atoms with van der Waals surface area (Å²) in [5, 5.41) is 6.55. The number of rotatable bonds is 6. The highest BCUT2D eigenvalue weighted by Gasteiger charge is 2.23. The van der Waals surface area contributed by atoms with Crippen LogP contribution in [0.25, 0.3) is 0 Å². The molecule has 0 radical (unpaired) electrons. The molecule has 0 bridgehead atoms. The maximum absolute atomic E-state index is 11.6. The summed E-state index contributed by atoms with van der Waals surface area (Å²) in [6.07, 6.45) is 6.16. The lowest BCUT2D eigenvalue weighted by atomic mass is 9.88. The van der Waals surface area contributed by atoms with E-state index in [2.05, 4.69) is 22.8 Å². The number of hydrogen-bond acceptors (Lipinski definition) is 3. The molecule has 1 saturated carbocycles. The Bertz CT molecular complexity index is 512. The fraction of sp³-hybridized carbons (Fsp3) is 0.588. The average Bonchev–Trinajstić information content (AvgIpc) is 3.30. The van der Waals surface area contributed by atoms with E-state index in [0.717, 1.165) is 44.4 Å². The predicted octanol–water partition coefficient (Wildman–Crippen LogP) is 1.81. The molecule has 2 N–H and O–H groups in total. The van der Waals surface area contributed by atoms with Crippen molar-refractivity contribution in [2.75, 3.05) is 13.7 Å². The first-order valence-corrected chi connectivity index (χ1v) is 7.93. The first-order valence-electron chi connectivity index (χ1n) is 7.93. The standard InChI is InChI=1S/C17H24N2O2/c1-21-16-7-3-12-2-4-15(10-13(12)11-16)18-9-8-17(20)19-14-5-6-14/h3,7,11,14-15,18H,2,4-6,8-10H2,1H3,(H,19,20). The zero-order chi connectivity index (χ0) is 14.7. The second-order valence-corrected chi connectivity index (χ2v) is 6.12. The lowest BCUT2D eigenvalue weighted by Gasteiger charge is -2.26. The Morgan fingerprint density at radius 3 is 2.86 bits per heavy atom. The summed E-state index contributed by atoms with van der Waals surface area (Å²) in [6, 6.07) is 7.29. The number of carbonyl (C=O) groups is 1. The van der Waals surface area contributed by atoms with Gasteiger partial charge < -0.3 is 15.4 Å². The normalized spacial score (nSPS) is 20.7. The van der Waals surface area contributed by atoms with Crippen molar-refractivity contribution in [1.82, 2.24) is 10.6 Å². The van der Waals surface area contributed by atoms with Crippen LogP contribution in [0.3, 0.4) is 0 Å². The number of hydrogen-bond donors (Lipinski definition) is 2. The number of carbonyl (C=O) groups excluding carboxylic acids is 1. The molecule has 1 aromatic carbocycles. The summed E-state index contributed by atoms with van der Waals surface area (Å²) in [7, 11) is 1.71. The molecule has 1 atom stereocenters. The molecule has 0 aliphatic heterocycles. The maximum Gasteiger partial charge on any atom is 0.221 e. The molecule has 3 rings (SSSR count). The van der Waals surface area contributed by atoms with Gasteiger partial charge in [0.2, 0.25) is 5.91 Å². The van der Waals surface area contributed by atoms with Crippen LogP contribution in [0, 0.1) is 0 Å². The van der Waals surface area contributed by atoms with Gasteiger partial charge in [-0.3, -0.25) is 4.79 Å². The number of aryl methyl sites for hydroxylation is 1. The van der Waals surface area contributed by atoms with E-state index >= 15 is 0 Å². The Hall–Kier alpha value is -1.55. The second-order valence-electron chi connectivity index (χ2n) is 6.12. The van der Waals surface area contributed by atoms with Crippen LogP contribution in [0.4, 0.5) is 0 Å². The van der Waals surface area contributed by atoms with Gasteiger partial charge in [-0.2, -0.15) is 0 Å². The van der Waals surface area contributed by atoms with E-state index in [1.807, 2.05) is 6.07 Å². The van der Waals surface area contributed by atoms with Gasteiger partial charge in [-0.1, -0.05) is 6.07 Å². The smallest absolute Gasteiger partial charge is 0.221 e. The number of ether oxygens (including phenoxy) is 1. The van der Waals surface area contributed by atoms with Gasteiger partial charge in [0.25, 0.3) is 0 Å². The Kier molecular flexibility index (Phi) is 4.44. The van der Waals surface area contributed by atoms with Gasteiger partial charge in [-0.05, 0) is 55.4 Å². The van der Waals surface area contributed by atoms with Gasteiger partial charge in [-0.25, -0.2) is 0 Å². The number of fused-ring (bicyclic) bond motifs is 1. The lowest BCUT2D eigenvalue weighted by molar-refractivity contribution is -0.121. The third-order valence-corrected chi connectivity index (χ3v) is 4.37. The van der Waals surface area contributed by atoms with Gasteiger partial charge in [0, 0.05) is 25.0 Å². The number of nitrogens with one attached hydrogen (secondary N) is 2. The zero-order valence-corrected chi connectivity index (χ0v) is 12.7. The quantitative estimate of drug-likeness (QED) is 0.839. The van der Waals surface area contributed by atoms with Crippen molar-refractivity contribution in [2.24, 2.45) is 0 Å². The number of methoxy groups -OCH3 is 1. The highest BCUT2D eigenvalue weighted by Crippen LogP contribution is 2.25. The van der Waals surface area contributed by atoms with Crippen molar-refractivity contribution >= 4 is 5.91 Å². The fourth-order valence-electron chi connectivity index (χ4n) is 2.95. The third-order valence-electron chi connectivity index (χ3n) is 4.37. The molecule has 2 aliphatic carbocycles. The van der Waals surface area contributed by atoms with Crippen LogP contribution in [-0.4, -0.2) is 31.6 Å². The monoisotopic (exact) mass is 288 g/mol. The summed E-state index contributed by atoms with van der Waals surface area (Å²) < 4.78 is 5.30. The van der Waals surface area contributed by atoms with Crippen molar-refractivity contribution in [3.8, 4) is 5.75 Å². The molecule has 21 heavy (non-hydrogen) atoms. The van der Waals surface area contributed by atoms with E-state index in [0.29, 0.717) is 18.5 Å². The Morgan fingerprint density at radius 1 is 1.24 bits per heavy atom. The molecule has 0 saturated heterocycles. The molecule has 0 aromatic heterocycles. The maximum atomic E-state index is 11.6.